The normalized spacial score (nSPS) is 10.6. The molecular weight excluding hydrogens is 241 g/mol. The van der Waals surface area contributed by atoms with Gasteiger partial charge in [-0.15, -0.1) is 0 Å². The van der Waals surface area contributed by atoms with Gasteiger partial charge in [0.15, 0.2) is 11.6 Å². The molecule has 0 unspecified atom stereocenters. The summed E-state index contributed by atoms with van der Waals surface area (Å²) in [5, 5.41) is 13.4. The van der Waals surface area contributed by atoms with E-state index in [0.717, 1.165) is 6.07 Å². The van der Waals surface area contributed by atoms with Crippen LogP contribution in [0.1, 0.15) is 0 Å². The van der Waals surface area contributed by atoms with E-state index in [-0.39, 0.29) is 11.4 Å². The summed E-state index contributed by atoms with van der Waals surface area (Å²) in [5.74, 6) is -0.699. The van der Waals surface area contributed by atoms with Crippen LogP contribution in [-0.4, -0.2) is 25.1 Å². The molecule has 0 fully saturated rings. The lowest BCUT2D eigenvalue weighted by atomic mass is 10.2. The van der Waals surface area contributed by atoms with Crippen molar-refractivity contribution in [1.29, 1.82) is 0 Å². The molecular formula is C11H14FN3O3. The average molecular weight is 255 g/mol. The predicted molar refractivity (Wildman–Crippen MR) is 66.3 cm³/mol. The lowest BCUT2D eigenvalue weighted by molar-refractivity contribution is -0.385. The van der Waals surface area contributed by atoms with Crippen LogP contribution in [0.15, 0.2) is 24.3 Å². The van der Waals surface area contributed by atoms with Gasteiger partial charge in [-0.1, -0.05) is 12.2 Å². The van der Waals surface area contributed by atoms with E-state index in [4.69, 9.17) is 10.5 Å². The van der Waals surface area contributed by atoms with Gasteiger partial charge >= 0.3 is 5.69 Å². The Morgan fingerprint density at radius 3 is 2.83 bits per heavy atom. The van der Waals surface area contributed by atoms with Crippen molar-refractivity contribution in [2.75, 3.05) is 25.5 Å². The zero-order valence-corrected chi connectivity index (χ0v) is 9.85. The van der Waals surface area contributed by atoms with E-state index >= 15 is 0 Å². The van der Waals surface area contributed by atoms with Crippen LogP contribution < -0.4 is 15.8 Å². The average Bonchev–Trinajstić information content (AvgIpc) is 2.35. The van der Waals surface area contributed by atoms with Gasteiger partial charge in [0.2, 0.25) is 0 Å². The Morgan fingerprint density at radius 1 is 1.56 bits per heavy atom. The second kappa shape index (κ2) is 6.55. The quantitative estimate of drug-likeness (QED) is 0.458. The highest BCUT2D eigenvalue weighted by atomic mass is 19.1. The second-order valence-electron chi connectivity index (χ2n) is 3.35. The summed E-state index contributed by atoms with van der Waals surface area (Å²) < 4.78 is 18.4. The van der Waals surface area contributed by atoms with E-state index < -0.39 is 16.4 Å². The lowest BCUT2D eigenvalue weighted by Gasteiger charge is -2.08. The number of nitro benzene ring substituents is 1. The molecule has 0 bridgehead atoms. The summed E-state index contributed by atoms with van der Waals surface area (Å²) in [6.07, 6.45) is 3.45. The largest absolute Gasteiger partial charge is 0.490 e. The van der Waals surface area contributed by atoms with Crippen molar-refractivity contribution in [3.05, 3.63) is 40.2 Å². The number of rotatable bonds is 6. The van der Waals surface area contributed by atoms with Crippen LogP contribution in [0.25, 0.3) is 0 Å². The molecule has 1 aromatic rings. The third-order valence-electron chi connectivity index (χ3n) is 2.18. The Balaban J connectivity index is 2.93. The Hall–Kier alpha value is -2.15. The number of ether oxygens (including phenoxy) is 1. The molecule has 0 aromatic heterocycles. The molecule has 7 heteroatoms. The summed E-state index contributed by atoms with van der Waals surface area (Å²) >= 11 is 0. The second-order valence-corrected chi connectivity index (χ2v) is 3.35. The third-order valence-corrected chi connectivity index (χ3v) is 2.18. The molecule has 1 aromatic carbocycles. The molecule has 6 nitrogen and oxygen atoms in total. The van der Waals surface area contributed by atoms with Gasteiger partial charge in [-0.3, -0.25) is 10.1 Å². The fourth-order valence-electron chi connectivity index (χ4n) is 1.33. The topological polar surface area (TPSA) is 90.4 Å². The van der Waals surface area contributed by atoms with Gasteiger partial charge in [0.1, 0.15) is 0 Å². The molecule has 0 heterocycles. The number of methoxy groups -OCH3 is 1. The number of nitrogens with zero attached hydrogens (tertiary/aromatic N) is 1. The van der Waals surface area contributed by atoms with Crippen LogP contribution in [0.2, 0.25) is 0 Å². The fraction of sp³-hybridized carbons (Fsp3) is 0.273. The molecule has 18 heavy (non-hydrogen) atoms. The van der Waals surface area contributed by atoms with Crippen molar-refractivity contribution >= 4 is 11.4 Å². The molecule has 0 radical (unpaired) electrons. The van der Waals surface area contributed by atoms with Crippen molar-refractivity contribution in [3.63, 3.8) is 0 Å². The minimum absolute atomic E-state index is 0.00621. The number of hydrogen-bond donors (Lipinski definition) is 2. The molecule has 3 N–H and O–H groups in total. The van der Waals surface area contributed by atoms with Crippen molar-refractivity contribution in [3.8, 4) is 5.75 Å². The molecule has 0 aliphatic carbocycles. The first-order chi connectivity index (χ1) is 8.60. The summed E-state index contributed by atoms with van der Waals surface area (Å²) in [6.45, 7) is 0.767. The highest BCUT2D eigenvalue weighted by Crippen LogP contribution is 2.32. The van der Waals surface area contributed by atoms with Gasteiger partial charge in [-0.05, 0) is 0 Å². The van der Waals surface area contributed by atoms with Gasteiger partial charge in [0, 0.05) is 19.2 Å². The Morgan fingerprint density at radius 2 is 2.28 bits per heavy atom. The minimum atomic E-state index is -0.705. The first-order valence-corrected chi connectivity index (χ1v) is 5.21. The first kappa shape index (κ1) is 13.9. The highest BCUT2D eigenvalue weighted by molar-refractivity contribution is 5.59. The number of anilines is 1. The molecule has 0 amide bonds. The predicted octanol–water partition coefficient (Wildman–Crippen LogP) is 1.67. The maximum Gasteiger partial charge on any atom is 0.313 e. The number of benzene rings is 1. The van der Waals surface area contributed by atoms with Gasteiger partial charge in [0.05, 0.1) is 23.8 Å². The Labute approximate surface area is 103 Å². The molecule has 0 spiro atoms. The first-order valence-electron chi connectivity index (χ1n) is 5.21. The lowest BCUT2D eigenvalue weighted by Crippen LogP contribution is -2.04. The summed E-state index contributed by atoms with van der Waals surface area (Å²) in [6, 6.07) is 2.08. The summed E-state index contributed by atoms with van der Waals surface area (Å²) in [5.41, 5.74) is 4.99. The van der Waals surface area contributed by atoms with E-state index in [1.165, 1.54) is 13.2 Å². The van der Waals surface area contributed by atoms with Crippen molar-refractivity contribution < 1.29 is 14.1 Å². The zero-order valence-electron chi connectivity index (χ0n) is 9.85. The number of nitro groups is 1. The smallest absolute Gasteiger partial charge is 0.313 e. The molecule has 0 atom stereocenters. The highest BCUT2D eigenvalue weighted by Gasteiger charge is 2.18. The Kier molecular flexibility index (Phi) is 5.06. The third kappa shape index (κ3) is 3.42. The fourth-order valence-corrected chi connectivity index (χ4v) is 1.33. The van der Waals surface area contributed by atoms with E-state index in [1.54, 1.807) is 12.2 Å². The van der Waals surface area contributed by atoms with E-state index in [0.29, 0.717) is 13.1 Å². The van der Waals surface area contributed by atoms with Crippen molar-refractivity contribution in [2.24, 2.45) is 5.73 Å². The van der Waals surface area contributed by atoms with Crippen LogP contribution in [0.3, 0.4) is 0 Å². The standard InChI is InChI=1S/C11H14FN3O3/c1-18-11-7-9(14-5-3-2-4-13)8(12)6-10(11)15(16)17/h2-3,6-7,14H,4-5,13H2,1H3/b3-2+. The molecule has 0 aliphatic heterocycles. The van der Waals surface area contributed by atoms with Gasteiger partial charge in [-0.2, -0.15) is 0 Å². The monoisotopic (exact) mass is 255 g/mol. The summed E-state index contributed by atoms with van der Waals surface area (Å²) in [4.78, 5) is 9.96. The van der Waals surface area contributed by atoms with Crippen molar-refractivity contribution in [2.45, 2.75) is 0 Å². The van der Waals surface area contributed by atoms with E-state index in [2.05, 4.69) is 5.32 Å². The van der Waals surface area contributed by atoms with Gasteiger partial charge < -0.3 is 15.8 Å². The minimum Gasteiger partial charge on any atom is -0.490 e. The maximum absolute atomic E-state index is 13.6. The van der Waals surface area contributed by atoms with Gasteiger partial charge in [-0.25, -0.2) is 4.39 Å². The SMILES string of the molecule is COc1cc(NC/C=C/CN)c(F)cc1[N+](=O)[O-]. The van der Waals surface area contributed by atoms with Gasteiger partial charge in [0.25, 0.3) is 0 Å². The molecule has 0 saturated heterocycles. The van der Waals surface area contributed by atoms with Crippen LogP contribution in [-0.2, 0) is 0 Å². The van der Waals surface area contributed by atoms with Crippen LogP contribution in [0.4, 0.5) is 15.8 Å². The number of halogens is 1. The van der Waals surface area contributed by atoms with Crippen LogP contribution in [0.5, 0.6) is 5.75 Å². The van der Waals surface area contributed by atoms with E-state index in [9.17, 15) is 14.5 Å². The summed E-state index contributed by atoms with van der Waals surface area (Å²) in [7, 11) is 1.29. The molecule has 1 rings (SSSR count). The molecule has 98 valence electrons. The number of hydrogen-bond acceptors (Lipinski definition) is 5. The van der Waals surface area contributed by atoms with Crippen LogP contribution in [0, 0.1) is 15.9 Å². The zero-order chi connectivity index (χ0) is 13.5. The van der Waals surface area contributed by atoms with Crippen LogP contribution >= 0.6 is 0 Å². The molecule has 0 saturated carbocycles. The number of nitrogens with one attached hydrogen (secondary N) is 1. The van der Waals surface area contributed by atoms with Crippen molar-refractivity contribution in [1.82, 2.24) is 0 Å². The maximum atomic E-state index is 13.6. The molecule has 0 aliphatic rings. The Bertz CT molecular complexity index is 463. The number of nitrogens with two attached hydrogens (primary N) is 1. The van der Waals surface area contributed by atoms with E-state index in [1.807, 2.05) is 0 Å².